The van der Waals surface area contributed by atoms with Crippen LogP contribution >= 0.6 is 0 Å². The summed E-state index contributed by atoms with van der Waals surface area (Å²) >= 11 is 0. The van der Waals surface area contributed by atoms with Crippen molar-refractivity contribution in [1.82, 2.24) is 30.5 Å². The topological polar surface area (TPSA) is 130 Å². The van der Waals surface area contributed by atoms with E-state index in [0.29, 0.717) is 25.6 Å². The third-order valence-corrected chi connectivity index (χ3v) is 7.49. The maximum Gasteiger partial charge on any atom is 0.335 e. The Labute approximate surface area is 225 Å². The number of hydrogen-bond donors (Lipinski definition) is 2. The Morgan fingerprint density at radius 3 is 2.56 bits per heavy atom. The first-order valence-corrected chi connectivity index (χ1v) is 13.0. The molecule has 2 aliphatic heterocycles. The van der Waals surface area contributed by atoms with E-state index in [1.165, 1.54) is 17.0 Å². The predicted octanol–water partition coefficient (Wildman–Crippen LogP) is 4.03. The van der Waals surface area contributed by atoms with Crippen LogP contribution in [0.15, 0.2) is 54.7 Å². The molecule has 0 spiro atoms. The summed E-state index contributed by atoms with van der Waals surface area (Å²) in [6.45, 7) is 4.30. The third kappa shape index (κ3) is 5.95. The summed E-state index contributed by atoms with van der Waals surface area (Å²) in [7, 11) is 0. The van der Waals surface area contributed by atoms with Gasteiger partial charge in [0.05, 0.1) is 47.7 Å². The van der Waals surface area contributed by atoms with Crippen LogP contribution in [0, 0.1) is 5.82 Å². The molecule has 1 atom stereocenters. The van der Waals surface area contributed by atoms with E-state index in [1.54, 1.807) is 30.3 Å². The van der Waals surface area contributed by atoms with E-state index in [0.717, 1.165) is 67.1 Å². The van der Waals surface area contributed by atoms with E-state index in [2.05, 4.69) is 14.6 Å². The second-order valence-electron chi connectivity index (χ2n) is 10.0. The van der Waals surface area contributed by atoms with Gasteiger partial charge in [-0.05, 0) is 74.3 Å². The van der Waals surface area contributed by atoms with Gasteiger partial charge in [-0.2, -0.15) is 0 Å². The molecule has 0 bridgehead atoms. The smallest absolute Gasteiger partial charge is 0.335 e. The second kappa shape index (κ2) is 11.5. The van der Waals surface area contributed by atoms with Crippen molar-refractivity contribution in [1.29, 1.82) is 0 Å². The van der Waals surface area contributed by atoms with Crippen molar-refractivity contribution in [2.45, 2.75) is 51.0 Å². The second-order valence-corrected chi connectivity index (χ2v) is 10.0. The maximum atomic E-state index is 13.1. The minimum atomic E-state index is -0.938. The van der Waals surface area contributed by atoms with Gasteiger partial charge in [0.1, 0.15) is 18.2 Å². The third-order valence-electron chi connectivity index (χ3n) is 7.49. The molecule has 206 valence electrons. The highest BCUT2D eigenvalue weighted by Gasteiger charge is 2.26. The number of piperidine rings is 1. The van der Waals surface area contributed by atoms with Crippen LogP contribution < -0.4 is 11.0 Å². The van der Waals surface area contributed by atoms with Crippen molar-refractivity contribution >= 4 is 17.0 Å². The van der Waals surface area contributed by atoms with Gasteiger partial charge in [0, 0.05) is 12.5 Å². The Bertz CT molecular complexity index is 1420. The van der Waals surface area contributed by atoms with Crippen LogP contribution in [0.3, 0.4) is 0 Å². The Balaban J connectivity index is 0.00000308. The first-order valence-electron chi connectivity index (χ1n) is 13.0. The molecule has 10 nitrogen and oxygen atoms in total. The number of hydrogen-bond acceptors (Lipinski definition) is 7. The highest BCUT2D eigenvalue weighted by molar-refractivity contribution is 5.92. The number of halogens is 1. The van der Waals surface area contributed by atoms with E-state index in [9.17, 15) is 14.3 Å². The first kappa shape index (κ1) is 26.8. The van der Waals surface area contributed by atoms with Crippen molar-refractivity contribution < 1.29 is 23.9 Å². The number of aromatic carboxylic acids is 1. The summed E-state index contributed by atoms with van der Waals surface area (Å²) in [5, 5.41) is 14.1. The molecule has 2 aromatic heterocycles. The van der Waals surface area contributed by atoms with E-state index in [-0.39, 0.29) is 23.6 Å². The molecule has 0 aliphatic carbocycles. The van der Waals surface area contributed by atoms with Crippen molar-refractivity contribution in [3.05, 3.63) is 83.2 Å². The van der Waals surface area contributed by atoms with Crippen LogP contribution in [0.5, 0.6) is 0 Å². The fourth-order valence-corrected chi connectivity index (χ4v) is 5.18. The van der Waals surface area contributed by atoms with Crippen LogP contribution in [0.4, 0.5) is 4.39 Å². The average molecular weight is 537 g/mol. The fraction of sp³-hybridized carbons (Fsp3) is 0.393. The monoisotopic (exact) mass is 536 g/mol. The van der Waals surface area contributed by atoms with Crippen LogP contribution in [-0.2, 0) is 24.4 Å². The molecule has 4 aromatic rings. The lowest BCUT2D eigenvalue weighted by molar-refractivity contribution is -0.0592. The molecule has 39 heavy (non-hydrogen) atoms. The number of likely N-dealkylation sites (tertiary alicyclic amines) is 1. The van der Waals surface area contributed by atoms with Gasteiger partial charge in [-0.25, -0.2) is 14.2 Å². The highest BCUT2D eigenvalue weighted by atomic mass is 19.1. The van der Waals surface area contributed by atoms with Crippen molar-refractivity contribution in [2.24, 2.45) is 0 Å². The van der Waals surface area contributed by atoms with Gasteiger partial charge in [0.15, 0.2) is 0 Å². The van der Waals surface area contributed by atoms with E-state index >= 15 is 0 Å². The standard InChI is InChI=1S/C28H30FN5O4.H3N/c29-22-4-1-19(2-5-22)18-38-34-13-9-24(31-34)20-7-11-32(12-8-20)17-27-30-25-6-3-21(28(35)36)15-26(25)33(27)16-23-10-14-37-23;/h1-6,9,13,15,20,23H,7-8,10-12,14,16-18H2,(H,35,36);1H3/t23-;/m0./s1. The Morgan fingerprint density at radius 2 is 1.87 bits per heavy atom. The SMILES string of the molecule is N.O=C(O)c1ccc2nc(CN3CCC(c4ccn(OCc5ccc(F)cc5)n4)CC3)n(C[C@@H]3CCO3)c2c1. The number of aromatic nitrogens is 4. The van der Waals surface area contributed by atoms with Crippen LogP contribution in [0.2, 0.25) is 0 Å². The highest BCUT2D eigenvalue weighted by Crippen LogP contribution is 2.29. The Morgan fingerprint density at radius 1 is 1.10 bits per heavy atom. The molecule has 4 heterocycles. The number of fused-ring (bicyclic) bond motifs is 1. The Hall–Kier alpha value is -3.80. The number of carboxylic acids is 1. The molecule has 2 aliphatic rings. The molecule has 2 fully saturated rings. The number of carboxylic acid groups (broad SMARTS) is 1. The molecule has 2 saturated heterocycles. The van der Waals surface area contributed by atoms with Gasteiger partial charge in [-0.3, -0.25) is 4.90 Å². The minimum absolute atomic E-state index is 0. The van der Waals surface area contributed by atoms with Gasteiger partial charge < -0.3 is 25.4 Å². The molecule has 0 saturated carbocycles. The zero-order valence-corrected chi connectivity index (χ0v) is 21.7. The molecular weight excluding hydrogens is 503 g/mol. The molecular formula is C28H33FN6O4. The summed E-state index contributed by atoms with van der Waals surface area (Å²) in [5.41, 5.74) is 3.81. The lowest BCUT2D eigenvalue weighted by atomic mass is 9.94. The summed E-state index contributed by atoms with van der Waals surface area (Å²) in [6.07, 6.45) is 4.92. The molecule has 11 heteroatoms. The quantitative estimate of drug-likeness (QED) is 0.328. The number of imidazole rings is 1. The van der Waals surface area contributed by atoms with E-state index < -0.39 is 5.97 Å². The maximum absolute atomic E-state index is 13.1. The van der Waals surface area contributed by atoms with Gasteiger partial charge >= 0.3 is 5.97 Å². The van der Waals surface area contributed by atoms with Crippen LogP contribution in [-0.4, -0.2) is 61.3 Å². The number of rotatable bonds is 9. The van der Waals surface area contributed by atoms with Crippen LogP contribution in [0.1, 0.15) is 52.6 Å². The molecule has 0 unspecified atom stereocenters. The number of ether oxygens (including phenoxy) is 1. The summed E-state index contributed by atoms with van der Waals surface area (Å²) in [6, 6.07) is 13.4. The van der Waals surface area contributed by atoms with Crippen LogP contribution in [0.25, 0.3) is 11.0 Å². The molecule has 2 aromatic carbocycles. The first-order chi connectivity index (χ1) is 18.5. The van der Waals surface area contributed by atoms with E-state index in [1.807, 2.05) is 12.3 Å². The molecule has 4 N–H and O–H groups in total. The zero-order valence-electron chi connectivity index (χ0n) is 21.7. The number of carbonyl (C=O) groups is 1. The van der Waals surface area contributed by atoms with Crippen molar-refractivity contribution in [3.63, 3.8) is 0 Å². The van der Waals surface area contributed by atoms with Gasteiger partial charge in [-0.1, -0.05) is 12.1 Å². The Kier molecular flexibility index (Phi) is 7.92. The van der Waals surface area contributed by atoms with Crippen molar-refractivity contribution in [2.75, 3.05) is 19.7 Å². The van der Waals surface area contributed by atoms with Gasteiger partial charge in [0.2, 0.25) is 0 Å². The summed E-state index contributed by atoms with van der Waals surface area (Å²) in [5.74, 6) is 0.0853. The summed E-state index contributed by atoms with van der Waals surface area (Å²) in [4.78, 5) is 26.0. The summed E-state index contributed by atoms with van der Waals surface area (Å²) < 4.78 is 20.9. The molecule has 6 rings (SSSR count). The van der Waals surface area contributed by atoms with Gasteiger partial charge in [-0.15, -0.1) is 9.94 Å². The normalized spacial score (nSPS) is 18.0. The molecule has 0 amide bonds. The predicted molar refractivity (Wildman–Crippen MR) is 142 cm³/mol. The lowest BCUT2D eigenvalue weighted by Crippen LogP contribution is -2.35. The number of benzene rings is 2. The average Bonchev–Trinajstić information content (AvgIpc) is 3.50. The zero-order chi connectivity index (χ0) is 26.1. The van der Waals surface area contributed by atoms with E-state index in [4.69, 9.17) is 14.6 Å². The molecule has 0 radical (unpaired) electrons. The van der Waals surface area contributed by atoms with Gasteiger partial charge in [0.25, 0.3) is 0 Å². The number of nitrogens with zero attached hydrogens (tertiary/aromatic N) is 5. The van der Waals surface area contributed by atoms with Crippen molar-refractivity contribution in [3.8, 4) is 0 Å². The fourth-order valence-electron chi connectivity index (χ4n) is 5.18. The largest absolute Gasteiger partial charge is 0.478 e. The minimum Gasteiger partial charge on any atom is -0.478 e. The lowest BCUT2D eigenvalue weighted by Gasteiger charge is -2.32.